The third-order valence-electron chi connectivity index (χ3n) is 2.05. The lowest BCUT2D eigenvalue weighted by atomic mass is 10.1. The summed E-state index contributed by atoms with van der Waals surface area (Å²) in [6.45, 7) is 3.78. The Hall–Kier alpha value is -1.70. The SMILES string of the molecule is C=C/C(=C(/N)N(C)C)c1ccccc1. The zero-order valence-corrected chi connectivity index (χ0v) is 8.70. The van der Waals surface area contributed by atoms with Crippen molar-refractivity contribution < 1.29 is 0 Å². The fourth-order valence-corrected chi connectivity index (χ4v) is 1.23. The molecule has 0 aromatic heterocycles. The van der Waals surface area contributed by atoms with Crippen LogP contribution in [-0.2, 0) is 0 Å². The van der Waals surface area contributed by atoms with E-state index in [1.807, 2.05) is 49.3 Å². The first-order valence-electron chi connectivity index (χ1n) is 4.51. The predicted octanol–water partition coefficient (Wildman–Crippen LogP) is 2.06. The van der Waals surface area contributed by atoms with Gasteiger partial charge in [-0.15, -0.1) is 0 Å². The van der Waals surface area contributed by atoms with Gasteiger partial charge in [-0.3, -0.25) is 0 Å². The molecule has 74 valence electrons. The first-order valence-corrected chi connectivity index (χ1v) is 4.51. The summed E-state index contributed by atoms with van der Waals surface area (Å²) in [6, 6.07) is 10.0. The highest BCUT2D eigenvalue weighted by Crippen LogP contribution is 2.17. The molecule has 0 aliphatic carbocycles. The van der Waals surface area contributed by atoms with E-state index >= 15 is 0 Å². The van der Waals surface area contributed by atoms with Gasteiger partial charge in [0.05, 0.1) is 0 Å². The molecule has 1 aromatic carbocycles. The normalized spacial score (nSPS) is 11.9. The maximum absolute atomic E-state index is 5.94. The summed E-state index contributed by atoms with van der Waals surface area (Å²) in [4.78, 5) is 1.88. The summed E-state index contributed by atoms with van der Waals surface area (Å²) in [5.74, 6) is 0.728. The Morgan fingerprint density at radius 1 is 1.29 bits per heavy atom. The largest absolute Gasteiger partial charge is 0.385 e. The zero-order chi connectivity index (χ0) is 10.6. The summed E-state index contributed by atoms with van der Waals surface area (Å²) in [6.07, 6.45) is 1.78. The van der Waals surface area contributed by atoms with Crippen LogP contribution in [-0.4, -0.2) is 19.0 Å². The average molecular weight is 188 g/mol. The quantitative estimate of drug-likeness (QED) is 0.736. The van der Waals surface area contributed by atoms with Crippen LogP contribution in [0.15, 0.2) is 48.8 Å². The summed E-state index contributed by atoms with van der Waals surface area (Å²) >= 11 is 0. The molecule has 0 unspecified atom stereocenters. The van der Waals surface area contributed by atoms with E-state index in [1.54, 1.807) is 6.08 Å². The molecule has 0 heterocycles. The summed E-state index contributed by atoms with van der Waals surface area (Å²) in [5, 5.41) is 0. The van der Waals surface area contributed by atoms with Gasteiger partial charge in [-0.25, -0.2) is 0 Å². The lowest BCUT2D eigenvalue weighted by molar-refractivity contribution is 0.509. The molecule has 2 N–H and O–H groups in total. The molecule has 0 saturated heterocycles. The Morgan fingerprint density at radius 3 is 2.29 bits per heavy atom. The van der Waals surface area contributed by atoms with Crippen molar-refractivity contribution in [1.29, 1.82) is 0 Å². The van der Waals surface area contributed by atoms with E-state index in [2.05, 4.69) is 6.58 Å². The third-order valence-corrected chi connectivity index (χ3v) is 2.05. The molecule has 0 aliphatic rings. The number of allylic oxidation sites excluding steroid dienone is 2. The average Bonchev–Trinajstić information content (AvgIpc) is 2.20. The topological polar surface area (TPSA) is 29.3 Å². The molecule has 0 fully saturated rings. The van der Waals surface area contributed by atoms with Crippen LogP contribution in [0.3, 0.4) is 0 Å². The Morgan fingerprint density at radius 2 is 1.86 bits per heavy atom. The Labute approximate surface area is 85.3 Å². The second-order valence-corrected chi connectivity index (χ2v) is 3.26. The number of hydrogen-bond acceptors (Lipinski definition) is 2. The van der Waals surface area contributed by atoms with Crippen molar-refractivity contribution in [3.05, 3.63) is 54.4 Å². The molecule has 2 nitrogen and oxygen atoms in total. The molecular weight excluding hydrogens is 172 g/mol. The second kappa shape index (κ2) is 4.51. The van der Waals surface area contributed by atoms with E-state index in [9.17, 15) is 0 Å². The van der Waals surface area contributed by atoms with Gasteiger partial charge in [-0.1, -0.05) is 43.0 Å². The Bertz CT molecular complexity index is 337. The minimum absolute atomic E-state index is 0.728. The molecule has 0 spiro atoms. The molecule has 1 rings (SSSR count). The maximum atomic E-state index is 5.94. The molecule has 0 atom stereocenters. The van der Waals surface area contributed by atoms with Crippen LogP contribution in [0.1, 0.15) is 5.56 Å². The minimum Gasteiger partial charge on any atom is -0.385 e. The second-order valence-electron chi connectivity index (χ2n) is 3.26. The minimum atomic E-state index is 0.728. The van der Waals surface area contributed by atoms with E-state index in [0.717, 1.165) is 17.0 Å². The van der Waals surface area contributed by atoms with Crippen molar-refractivity contribution in [1.82, 2.24) is 4.90 Å². The smallest absolute Gasteiger partial charge is 0.106 e. The van der Waals surface area contributed by atoms with Gasteiger partial charge in [0.2, 0.25) is 0 Å². The van der Waals surface area contributed by atoms with Gasteiger partial charge in [0.1, 0.15) is 5.82 Å². The van der Waals surface area contributed by atoms with Crippen LogP contribution in [0.25, 0.3) is 5.57 Å². The van der Waals surface area contributed by atoms with Crippen LogP contribution in [0.2, 0.25) is 0 Å². The molecule has 0 radical (unpaired) electrons. The first-order chi connectivity index (χ1) is 6.66. The van der Waals surface area contributed by atoms with E-state index in [-0.39, 0.29) is 0 Å². The molecule has 0 bridgehead atoms. The van der Waals surface area contributed by atoms with Crippen LogP contribution in [0, 0.1) is 0 Å². The molecular formula is C12H16N2. The van der Waals surface area contributed by atoms with Crippen LogP contribution >= 0.6 is 0 Å². The van der Waals surface area contributed by atoms with Crippen molar-refractivity contribution in [2.45, 2.75) is 0 Å². The van der Waals surface area contributed by atoms with Gasteiger partial charge in [-0.05, 0) is 5.56 Å². The molecule has 1 aromatic rings. The summed E-state index contributed by atoms with van der Waals surface area (Å²) in [7, 11) is 3.84. The van der Waals surface area contributed by atoms with Crippen LogP contribution in [0.4, 0.5) is 0 Å². The number of hydrogen-bond donors (Lipinski definition) is 1. The molecule has 2 heteroatoms. The number of nitrogens with zero attached hydrogens (tertiary/aromatic N) is 1. The molecule has 0 aliphatic heterocycles. The number of rotatable bonds is 3. The van der Waals surface area contributed by atoms with Crippen molar-refractivity contribution >= 4 is 5.57 Å². The van der Waals surface area contributed by atoms with Gasteiger partial charge in [0.25, 0.3) is 0 Å². The van der Waals surface area contributed by atoms with Gasteiger partial charge >= 0.3 is 0 Å². The predicted molar refractivity (Wildman–Crippen MR) is 61.4 cm³/mol. The van der Waals surface area contributed by atoms with E-state index in [1.165, 1.54) is 0 Å². The van der Waals surface area contributed by atoms with Crippen LogP contribution in [0.5, 0.6) is 0 Å². The lowest BCUT2D eigenvalue weighted by Gasteiger charge is -2.16. The first kappa shape index (κ1) is 10.4. The third kappa shape index (κ3) is 2.16. The highest BCUT2D eigenvalue weighted by molar-refractivity contribution is 5.75. The summed E-state index contributed by atoms with van der Waals surface area (Å²) in [5.41, 5.74) is 8.00. The Kier molecular flexibility index (Phi) is 3.35. The van der Waals surface area contributed by atoms with Crippen molar-refractivity contribution in [3.8, 4) is 0 Å². The van der Waals surface area contributed by atoms with E-state index in [0.29, 0.717) is 0 Å². The van der Waals surface area contributed by atoms with Crippen molar-refractivity contribution in [2.24, 2.45) is 5.73 Å². The fourth-order valence-electron chi connectivity index (χ4n) is 1.23. The molecule has 14 heavy (non-hydrogen) atoms. The van der Waals surface area contributed by atoms with Crippen LogP contribution < -0.4 is 5.73 Å². The number of benzene rings is 1. The van der Waals surface area contributed by atoms with Gasteiger partial charge in [-0.2, -0.15) is 0 Å². The fraction of sp³-hybridized carbons (Fsp3) is 0.167. The molecule has 0 amide bonds. The van der Waals surface area contributed by atoms with Gasteiger partial charge in [0, 0.05) is 19.7 Å². The monoisotopic (exact) mass is 188 g/mol. The maximum Gasteiger partial charge on any atom is 0.106 e. The lowest BCUT2D eigenvalue weighted by Crippen LogP contribution is -2.20. The standard InChI is InChI=1S/C12H16N2/c1-4-11(12(13)14(2)3)10-8-6-5-7-9-10/h4-9H,1,13H2,2-3H3/b12-11+. The molecule has 0 saturated carbocycles. The van der Waals surface area contributed by atoms with Crippen molar-refractivity contribution in [2.75, 3.05) is 14.1 Å². The van der Waals surface area contributed by atoms with E-state index < -0.39 is 0 Å². The van der Waals surface area contributed by atoms with Gasteiger partial charge < -0.3 is 10.6 Å². The Balaban J connectivity index is 3.17. The highest BCUT2D eigenvalue weighted by atomic mass is 15.1. The van der Waals surface area contributed by atoms with Crippen molar-refractivity contribution in [3.63, 3.8) is 0 Å². The van der Waals surface area contributed by atoms with Gasteiger partial charge in [0.15, 0.2) is 0 Å². The van der Waals surface area contributed by atoms with E-state index in [4.69, 9.17) is 5.73 Å². The zero-order valence-electron chi connectivity index (χ0n) is 8.70. The number of nitrogens with two attached hydrogens (primary N) is 1. The summed E-state index contributed by atoms with van der Waals surface area (Å²) < 4.78 is 0. The highest BCUT2D eigenvalue weighted by Gasteiger charge is 2.03.